The zero-order chi connectivity index (χ0) is 14.3. The first-order chi connectivity index (χ1) is 10.2. The lowest BCUT2D eigenvalue weighted by Crippen LogP contribution is -2.33. The van der Waals surface area contributed by atoms with Crippen molar-refractivity contribution in [1.29, 1.82) is 0 Å². The minimum Gasteiger partial charge on any atom is -0.385 e. The van der Waals surface area contributed by atoms with E-state index in [9.17, 15) is 5.11 Å². The zero-order valence-corrected chi connectivity index (χ0v) is 12.2. The van der Waals surface area contributed by atoms with Gasteiger partial charge in [0.15, 0.2) is 0 Å². The molecule has 1 saturated carbocycles. The number of fused-ring (bicyclic) bond motifs is 1. The maximum absolute atomic E-state index is 10.4. The van der Waals surface area contributed by atoms with Crippen molar-refractivity contribution in [1.82, 2.24) is 0 Å². The van der Waals surface area contributed by atoms with Crippen LogP contribution < -0.4 is 5.32 Å². The van der Waals surface area contributed by atoms with Crippen LogP contribution >= 0.6 is 0 Å². The van der Waals surface area contributed by atoms with Gasteiger partial charge in [0.1, 0.15) is 0 Å². The van der Waals surface area contributed by atoms with E-state index in [0.29, 0.717) is 0 Å². The van der Waals surface area contributed by atoms with Gasteiger partial charge in [-0.1, -0.05) is 36.4 Å². The van der Waals surface area contributed by atoms with E-state index in [2.05, 4.69) is 47.8 Å². The molecule has 4 rings (SSSR count). The van der Waals surface area contributed by atoms with E-state index in [1.165, 1.54) is 35.2 Å². The van der Waals surface area contributed by atoms with Gasteiger partial charge in [-0.05, 0) is 60.4 Å². The van der Waals surface area contributed by atoms with Gasteiger partial charge >= 0.3 is 0 Å². The van der Waals surface area contributed by atoms with Crippen LogP contribution in [0.15, 0.2) is 42.5 Å². The van der Waals surface area contributed by atoms with Crippen LogP contribution in [0.25, 0.3) is 11.1 Å². The van der Waals surface area contributed by atoms with Crippen LogP contribution in [-0.4, -0.2) is 11.7 Å². The summed E-state index contributed by atoms with van der Waals surface area (Å²) in [6.07, 6.45) is 5.33. The van der Waals surface area contributed by atoms with Gasteiger partial charge in [0.25, 0.3) is 0 Å². The molecule has 0 spiro atoms. The molecule has 2 heteroatoms. The minimum absolute atomic E-state index is 0.560. The highest BCUT2D eigenvalue weighted by atomic mass is 16.3. The molecule has 2 nitrogen and oxygen atoms in total. The summed E-state index contributed by atoms with van der Waals surface area (Å²) >= 11 is 0. The van der Waals surface area contributed by atoms with E-state index < -0.39 is 5.60 Å². The van der Waals surface area contributed by atoms with Gasteiger partial charge < -0.3 is 10.4 Å². The van der Waals surface area contributed by atoms with E-state index in [1.807, 2.05) is 0 Å². The first-order valence-electron chi connectivity index (χ1n) is 7.95. The van der Waals surface area contributed by atoms with Crippen LogP contribution in [0.4, 0.5) is 5.69 Å². The summed E-state index contributed by atoms with van der Waals surface area (Å²) in [5.74, 6) is 0. The van der Waals surface area contributed by atoms with E-state index >= 15 is 0 Å². The number of benzene rings is 2. The summed E-state index contributed by atoms with van der Waals surface area (Å²) in [6.45, 7) is 1.07. The van der Waals surface area contributed by atoms with Crippen molar-refractivity contribution >= 4 is 5.69 Å². The van der Waals surface area contributed by atoms with Crippen LogP contribution in [0.3, 0.4) is 0 Å². The second kappa shape index (κ2) is 4.88. The van der Waals surface area contributed by atoms with Crippen LogP contribution in [0, 0.1) is 0 Å². The van der Waals surface area contributed by atoms with Crippen LogP contribution in [0.1, 0.15) is 36.8 Å². The average molecular weight is 279 g/mol. The quantitative estimate of drug-likeness (QED) is 0.868. The van der Waals surface area contributed by atoms with Crippen LogP contribution in [0.5, 0.6) is 0 Å². The topological polar surface area (TPSA) is 32.3 Å². The number of nitrogens with one attached hydrogen (secondary N) is 1. The lowest BCUT2D eigenvalue weighted by atomic mass is 9.75. The van der Waals surface area contributed by atoms with Gasteiger partial charge in [0.2, 0.25) is 0 Å². The van der Waals surface area contributed by atoms with Crippen molar-refractivity contribution in [2.45, 2.75) is 37.7 Å². The predicted molar refractivity (Wildman–Crippen MR) is 86.4 cm³/mol. The van der Waals surface area contributed by atoms with Gasteiger partial charge in [-0.25, -0.2) is 0 Å². The number of aryl methyl sites for hydroxylation is 1. The summed E-state index contributed by atoms with van der Waals surface area (Å²) < 4.78 is 0. The third kappa shape index (κ3) is 2.24. The lowest BCUT2D eigenvalue weighted by molar-refractivity contribution is -0.0387. The highest BCUT2D eigenvalue weighted by Gasteiger charge is 2.35. The smallest absolute Gasteiger partial charge is 0.0896 e. The molecule has 2 aromatic rings. The number of hydrogen-bond acceptors (Lipinski definition) is 2. The molecular formula is C19H21NO. The molecule has 1 heterocycles. The van der Waals surface area contributed by atoms with Gasteiger partial charge in [-0.15, -0.1) is 0 Å². The molecule has 0 unspecified atom stereocenters. The normalized spacial score (nSPS) is 19.3. The van der Waals surface area contributed by atoms with Crippen molar-refractivity contribution in [2.24, 2.45) is 0 Å². The molecule has 0 atom stereocenters. The highest BCUT2D eigenvalue weighted by molar-refractivity contribution is 5.70. The Morgan fingerprint density at radius 2 is 1.67 bits per heavy atom. The summed E-state index contributed by atoms with van der Waals surface area (Å²) in [5.41, 5.74) is 5.67. The minimum atomic E-state index is -0.560. The molecule has 2 N–H and O–H groups in total. The van der Waals surface area contributed by atoms with E-state index in [-0.39, 0.29) is 0 Å². The Kier molecular flexibility index (Phi) is 3.00. The van der Waals surface area contributed by atoms with Crippen molar-refractivity contribution in [3.8, 4) is 11.1 Å². The molecule has 2 aliphatic rings. The maximum atomic E-state index is 10.4. The number of hydrogen-bond donors (Lipinski definition) is 2. The van der Waals surface area contributed by atoms with Gasteiger partial charge in [0, 0.05) is 12.2 Å². The van der Waals surface area contributed by atoms with Gasteiger partial charge in [-0.2, -0.15) is 0 Å². The first-order valence-corrected chi connectivity index (χ1v) is 7.95. The predicted octanol–water partition coefficient (Wildman–Crippen LogP) is 4.08. The van der Waals surface area contributed by atoms with E-state index in [1.54, 1.807) is 0 Å². The average Bonchev–Trinajstić information content (AvgIpc) is 2.52. The largest absolute Gasteiger partial charge is 0.385 e. The molecule has 108 valence electrons. The third-order valence-electron chi connectivity index (χ3n) is 4.98. The van der Waals surface area contributed by atoms with Crippen molar-refractivity contribution in [2.75, 3.05) is 11.9 Å². The second-order valence-corrected chi connectivity index (χ2v) is 6.36. The number of anilines is 1. The van der Waals surface area contributed by atoms with Crippen molar-refractivity contribution in [3.63, 3.8) is 0 Å². The Bertz CT molecular complexity index is 656. The Morgan fingerprint density at radius 1 is 0.905 bits per heavy atom. The van der Waals surface area contributed by atoms with Crippen LogP contribution in [0.2, 0.25) is 0 Å². The highest BCUT2D eigenvalue weighted by Crippen LogP contribution is 2.41. The molecule has 2 aromatic carbocycles. The van der Waals surface area contributed by atoms with E-state index in [0.717, 1.165) is 31.4 Å². The molecule has 0 aromatic heterocycles. The molecule has 1 aliphatic heterocycles. The summed E-state index contributed by atoms with van der Waals surface area (Å²) in [4.78, 5) is 0. The Balaban J connectivity index is 1.64. The Hall–Kier alpha value is -1.80. The Morgan fingerprint density at radius 3 is 2.38 bits per heavy atom. The van der Waals surface area contributed by atoms with Crippen LogP contribution in [-0.2, 0) is 12.0 Å². The monoisotopic (exact) mass is 279 g/mol. The summed E-state index contributed by atoms with van der Waals surface area (Å²) in [6, 6.07) is 15.1. The SMILES string of the molecule is OC1(c2ccc(-c3ccc4c(c3)NCCC4)cc2)CCC1. The zero-order valence-electron chi connectivity index (χ0n) is 12.2. The van der Waals surface area contributed by atoms with E-state index in [4.69, 9.17) is 0 Å². The van der Waals surface area contributed by atoms with Gasteiger partial charge in [0.05, 0.1) is 5.60 Å². The Labute approximate surface area is 125 Å². The second-order valence-electron chi connectivity index (χ2n) is 6.36. The maximum Gasteiger partial charge on any atom is 0.0896 e. The fourth-order valence-corrected chi connectivity index (χ4v) is 3.41. The molecule has 0 radical (unpaired) electrons. The molecule has 0 bridgehead atoms. The molecule has 1 aliphatic carbocycles. The summed E-state index contributed by atoms with van der Waals surface area (Å²) in [5, 5.41) is 13.9. The molecule has 0 amide bonds. The number of rotatable bonds is 2. The van der Waals surface area contributed by atoms with Crippen molar-refractivity contribution < 1.29 is 5.11 Å². The number of aliphatic hydroxyl groups is 1. The van der Waals surface area contributed by atoms with Gasteiger partial charge in [-0.3, -0.25) is 0 Å². The fraction of sp³-hybridized carbons (Fsp3) is 0.368. The fourth-order valence-electron chi connectivity index (χ4n) is 3.41. The molecule has 21 heavy (non-hydrogen) atoms. The standard InChI is InChI=1S/C19H21NO/c21-19(10-2-11-19)17-8-6-14(7-9-17)16-5-4-15-3-1-12-20-18(15)13-16/h4-9,13,20-21H,1-3,10-12H2. The summed E-state index contributed by atoms with van der Waals surface area (Å²) in [7, 11) is 0. The lowest BCUT2D eigenvalue weighted by Gasteiger charge is -2.37. The van der Waals surface area contributed by atoms with Crippen molar-refractivity contribution in [3.05, 3.63) is 53.6 Å². The molecule has 1 fully saturated rings. The molecular weight excluding hydrogens is 258 g/mol. The third-order valence-corrected chi connectivity index (χ3v) is 4.98. The first kappa shape index (κ1) is 12.9. The molecule has 0 saturated heterocycles.